The normalized spacial score (nSPS) is 12.4. The minimum Gasteiger partial charge on any atom is -0.0654 e. The maximum Gasteiger partial charge on any atom is 0.0519 e. The van der Waals surface area contributed by atoms with Crippen molar-refractivity contribution in [2.24, 2.45) is 0 Å². The second-order valence-corrected chi connectivity index (χ2v) is 8.72. The van der Waals surface area contributed by atoms with Gasteiger partial charge < -0.3 is 0 Å². The third kappa shape index (κ3) is 4.55. The van der Waals surface area contributed by atoms with E-state index < -0.39 is 0 Å². The molecule has 0 radical (unpaired) electrons. The van der Waals surface area contributed by atoms with Gasteiger partial charge in [0.1, 0.15) is 0 Å². The molecule has 0 N–H and O–H groups in total. The largest absolute Gasteiger partial charge is 0.0654 e. The Kier molecular flexibility index (Phi) is 7.56. The molecule has 0 spiro atoms. The first-order valence-electron chi connectivity index (χ1n) is 12.1. The van der Waals surface area contributed by atoms with E-state index in [4.69, 9.17) is 0 Å². The van der Waals surface area contributed by atoms with E-state index in [2.05, 4.69) is 128 Å². The first-order chi connectivity index (χ1) is 15.9. The predicted octanol–water partition coefficient (Wildman–Crippen LogP) is 8.78. The molecule has 1 atom stereocenters. The molecule has 0 saturated heterocycles. The quantitative estimate of drug-likeness (QED) is 0.178. The highest BCUT2D eigenvalue weighted by Crippen LogP contribution is 2.51. The summed E-state index contributed by atoms with van der Waals surface area (Å²) in [5.74, 6) is 0.341. The highest BCUT2D eigenvalue weighted by atomic mass is 14.5. The summed E-state index contributed by atoms with van der Waals surface area (Å²) in [6.07, 6.45) is 6.24. The minimum atomic E-state index is -0.253. The molecule has 0 aromatic heterocycles. The fourth-order valence-electron chi connectivity index (χ4n) is 5.30. The molecule has 0 heterocycles. The Balaban J connectivity index is 1.99. The van der Waals surface area contributed by atoms with E-state index in [1.54, 1.807) is 0 Å². The molecule has 0 nitrogen and oxygen atoms in total. The van der Waals surface area contributed by atoms with Crippen LogP contribution in [0.4, 0.5) is 0 Å². The molecule has 32 heavy (non-hydrogen) atoms. The van der Waals surface area contributed by atoms with Gasteiger partial charge in [-0.2, -0.15) is 0 Å². The van der Waals surface area contributed by atoms with E-state index >= 15 is 0 Å². The molecule has 0 aliphatic heterocycles. The first-order valence-corrected chi connectivity index (χ1v) is 12.1. The van der Waals surface area contributed by atoms with Crippen LogP contribution in [0.25, 0.3) is 0 Å². The van der Waals surface area contributed by atoms with Crippen molar-refractivity contribution in [2.75, 3.05) is 0 Å². The number of rotatable bonds is 10. The van der Waals surface area contributed by atoms with E-state index in [0.717, 1.165) is 6.42 Å². The number of unbranched alkanes of at least 4 members (excludes halogenated alkanes) is 3. The van der Waals surface area contributed by atoms with E-state index in [1.807, 2.05) is 0 Å². The first kappa shape index (κ1) is 22.1. The Morgan fingerprint density at radius 3 is 1.31 bits per heavy atom. The molecule has 4 aromatic rings. The van der Waals surface area contributed by atoms with Gasteiger partial charge in [0.05, 0.1) is 5.41 Å². The lowest BCUT2D eigenvalue weighted by Gasteiger charge is -2.43. The van der Waals surface area contributed by atoms with Gasteiger partial charge in [-0.15, -0.1) is 0 Å². The fraction of sp³-hybridized carbons (Fsp3) is 0.250. The molecule has 0 bridgehead atoms. The smallest absolute Gasteiger partial charge is 0.0519 e. The van der Waals surface area contributed by atoms with Crippen LogP contribution in [0, 0.1) is 0 Å². The number of benzene rings is 4. The van der Waals surface area contributed by atoms with Crippen LogP contribution < -0.4 is 0 Å². The Labute approximate surface area is 194 Å². The highest BCUT2D eigenvalue weighted by molar-refractivity contribution is 5.54. The Bertz CT molecular complexity index is 940. The Morgan fingerprint density at radius 2 is 0.906 bits per heavy atom. The van der Waals surface area contributed by atoms with Crippen molar-refractivity contribution in [1.82, 2.24) is 0 Å². The van der Waals surface area contributed by atoms with E-state index in [1.165, 1.54) is 47.9 Å². The molecule has 162 valence electrons. The highest BCUT2D eigenvalue weighted by Gasteiger charge is 2.43. The van der Waals surface area contributed by atoms with Crippen molar-refractivity contribution < 1.29 is 0 Å². The summed E-state index contributed by atoms with van der Waals surface area (Å²) < 4.78 is 0. The minimum absolute atomic E-state index is 0.253. The zero-order valence-electron chi connectivity index (χ0n) is 19.2. The summed E-state index contributed by atoms with van der Waals surface area (Å²) in [6, 6.07) is 44.6. The molecular formula is C32H34. The van der Waals surface area contributed by atoms with Crippen LogP contribution in [0.3, 0.4) is 0 Å². The summed E-state index contributed by atoms with van der Waals surface area (Å²) in [5.41, 5.74) is 5.25. The van der Waals surface area contributed by atoms with Gasteiger partial charge in [-0.25, -0.2) is 0 Å². The maximum absolute atomic E-state index is 2.33. The van der Waals surface area contributed by atoms with Gasteiger partial charge in [-0.1, -0.05) is 154 Å². The molecule has 0 fully saturated rings. The van der Waals surface area contributed by atoms with Crippen molar-refractivity contribution in [1.29, 1.82) is 0 Å². The van der Waals surface area contributed by atoms with Gasteiger partial charge in [-0.05, 0) is 28.7 Å². The van der Waals surface area contributed by atoms with Gasteiger partial charge in [0.25, 0.3) is 0 Å². The Morgan fingerprint density at radius 1 is 0.500 bits per heavy atom. The molecule has 4 rings (SSSR count). The summed E-state index contributed by atoms with van der Waals surface area (Å²) in [6.45, 7) is 2.29. The van der Waals surface area contributed by atoms with Crippen LogP contribution in [0.2, 0.25) is 0 Å². The van der Waals surface area contributed by atoms with Crippen LogP contribution in [-0.2, 0) is 5.41 Å². The fourth-order valence-corrected chi connectivity index (χ4v) is 5.30. The van der Waals surface area contributed by atoms with Gasteiger partial charge in [0.15, 0.2) is 0 Å². The lowest BCUT2D eigenvalue weighted by atomic mass is 9.59. The molecule has 0 heteroatoms. The maximum atomic E-state index is 2.33. The summed E-state index contributed by atoms with van der Waals surface area (Å²) in [7, 11) is 0. The van der Waals surface area contributed by atoms with E-state index in [9.17, 15) is 0 Å². The predicted molar refractivity (Wildman–Crippen MR) is 137 cm³/mol. The van der Waals surface area contributed by atoms with Crippen molar-refractivity contribution in [2.45, 2.75) is 50.4 Å². The molecule has 1 unspecified atom stereocenters. The zero-order valence-corrected chi connectivity index (χ0v) is 19.2. The number of hydrogen-bond donors (Lipinski definition) is 0. The van der Waals surface area contributed by atoms with Crippen molar-refractivity contribution >= 4 is 0 Å². The molecular weight excluding hydrogens is 384 g/mol. The van der Waals surface area contributed by atoms with Crippen LogP contribution in [-0.4, -0.2) is 0 Å². The van der Waals surface area contributed by atoms with Gasteiger partial charge in [0, 0.05) is 5.92 Å². The third-order valence-electron chi connectivity index (χ3n) is 6.76. The Hall–Kier alpha value is -3.12. The summed E-state index contributed by atoms with van der Waals surface area (Å²) in [4.78, 5) is 0. The van der Waals surface area contributed by atoms with Crippen molar-refractivity contribution in [3.63, 3.8) is 0 Å². The summed E-state index contributed by atoms with van der Waals surface area (Å²) >= 11 is 0. The second-order valence-electron chi connectivity index (χ2n) is 8.72. The van der Waals surface area contributed by atoms with Crippen LogP contribution >= 0.6 is 0 Å². The van der Waals surface area contributed by atoms with Crippen LogP contribution in [0.15, 0.2) is 121 Å². The molecule has 0 amide bonds. The average Bonchev–Trinajstić information content (AvgIpc) is 2.88. The van der Waals surface area contributed by atoms with Gasteiger partial charge in [-0.3, -0.25) is 0 Å². The van der Waals surface area contributed by atoms with E-state index in [0.29, 0.717) is 5.92 Å². The second kappa shape index (κ2) is 11.0. The van der Waals surface area contributed by atoms with Gasteiger partial charge in [0.2, 0.25) is 0 Å². The molecule has 0 aliphatic rings. The third-order valence-corrected chi connectivity index (χ3v) is 6.76. The lowest BCUT2D eigenvalue weighted by Crippen LogP contribution is -2.36. The lowest BCUT2D eigenvalue weighted by molar-refractivity contribution is 0.430. The van der Waals surface area contributed by atoms with Crippen molar-refractivity contribution in [3.8, 4) is 0 Å². The SMILES string of the molecule is CCCCCCC(c1ccccc1)C(c1ccccc1)(c1ccccc1)c1ccccc1. The van der Waals surface area contributed by atoms with Gasteiger partial charge >= 0.3 is 0 Å². The standard InChI is InChI=1S/C32H34/c1-2-3-4-17-26-31(27-18-9-5-10-19-27)32(28-20-11-6-12-21-28,29-22-13-7-14-23-29)30-24-15-8-16-25-30/h5-16,18-25,31H,2-4,17,26H2,1H3. The molecule has 4 aromatic carbocycles. The number of hydrogen-bond acceptors (Lipinski definition) is 0. The van der Waals surface area contributed by atoms with Crippen LogP contribution in [0.5, 0.6) is 0 Å². The zero-order chi connectivity index (χ0) is 22.1. The molecule has 0 aliphatic carbocycles. The van der Waals surface area contributed by atoms with Crippen LogP contribution in [0.1, 0.15) is 67.2 Å². The average molecular weight is 419 g/mol. The molecule has 0 saturated carbocycles. The van der Waals surface area contributed by atoms with E-state index in [-0.39, 0.29) is 5.41 Å². The monoisotopic (exact) mass is 418 g/mol. The summed E-state index contributed by atoms with van der Waals surface area (Å²) in [5, 5.41) is 0. The topological polar surface area (TPSA) is 0 Å². The van der Waals surface area contributed by atoms with Crippen molar-refractivity contribution in [3.05, 3.63) is 144 Å².